The molecule has 3 heterocycles. The molecule has 0 aliphatic rings. The van der Waals surface area contributed by atoms with E-state index in [9.17, 15) is 4.79 Å². The number of hydrogen-bond donors (Lipinski definition) is 1. The molecule has 0 aliphatic carbocycles. The number of ether oxygens (including phenoxy) is 1. The molecule has 0 aliphatic heterocycles. The Hall–Kier alpha value is -2.40. The molecule has 1 N–H and O–H groups in total. The number of carbonyl (C=O) groups excluding carboxylic acids is 1. The highest BCUT2D eigenvalue weighted by Crippen LogP contribution is 2.38. The molecule has 0 radical (unpaired) electrons. The number of rotatable bonds is 7. The average Bonchev–Trinajstić information content (AvgIpc) is 3.36. The predicted octanol–water partition coefficient (Wildman–Crippen LogP) is 4.70. The molecule has 4 aromatic rings. The van der Waals surface area contributed by atoms with Crippen molar-refractivity contribution in [2.45, 2.75) is 25.5 Å². The Morgan fingerprint density at radius 1 is 1.20 bits per heavy atom. The number of thioether (sulfide) groups is 1. The van der Waals surface area contributed by atoms with Gasteiger partial charge >= 0.3 is 0 Å². The summed E-state index contributed by atoms with van der Waals surface area (Å²) < 4.78 is 5.02. The highest BCUT2D eigenvalue weighted by molar-refractivity contribution is 8.00. The number of anilines is 1. The van der Waals surface area contributed by atoms with E-state index in [-0.39, 0.29) is 11.7 Å². The van der Waals surface area contributed by atoms with Crippen molar-refractivity contribution >= 4 is 55.7 Å². The fourth-order valence-electron chi connectivity index (χ4n) is 2.85. The van der Waals surface area contributed by atoms with Crippen LogP contribution in [0.5, 0.6) is 0 Å². The van der Waals surface area contributed by atoms with Gasteiger partial charge in [-0.15, -0.1) is 21.5 Å². The van der Waals surface area contributed by atoms with Gasteiger partial charge in [-0.05, 0) is 30.5 Å². The number of carbonyl (C=O) groups is 1. The molecule has 0 fully saturated rings. The summed E-state index contributed by atoms with van der Waals surface area (Å²) in [5.41, 5.74) is 4.72. The Kier molecular flexibility index (Phi) is 6.38. The van der Waals surface area contributed by atoms with Crippen molar-refractivity contribution in [1.82, 2.24) is 20.2 Å². The van der Waals surface area contributed by atoms with Gasteiger partial charge in [0.1, 0.15) is 27.8 Å². The molecule has 0 atom stereocenters. The van der Waals surface area contributed by atoms with Crippen LogP contribution < -0.4 is 5.32 Å². The fraction of sp³-hybridized carbons (Fsp3) is 0.250. The quantitative estimate of drug-likeness (QED) is 0.318. The summed E-state index contributed by atoms with van der Waals surface area (Å²) in [6, 6.07) is 6.42. The summed E-state index contributed by atoms with van der Waals surface area (Å²) in [4.78, 5) is 22.2. The standard InChI is InChI=1S/C20H19N5O2S3/c1-11-4-5-13(6-12(11)2)14-8-28-18-17(14)19(22-10-21-18)29-9-15(26)23-20-25-24-16(30-20)7-27-3/h4-6,8,10H,7,9H2,1-3H3,(H,23,25,26). The monoisotopic (exact) mass is 457 g/mol. The SMILES string of the molecule is COCc1nnc(NC(=O)CSc2ncnc3scc(-c4ccc(C)c(C)c4)c23)s1. The lowest BCUT2D eigenvalue weighted by atomic mass is 10.0. The fourth-order valence-corrected chi connectivity index (χ4v) is 5.37. The zero-order valence-corrected chi connectivity index (χ0v) is 19.1. The molecule has 0 spiro atoms. The summed E-state index contributed by atoms with van der Waals surface area (Å²) in [6.45, 7) is 4.58. The lowest BCUT2D eigenvalue weighted by Crippen LogP contribution is -2.14. The minimum atomic E-state index is -0.158. The van der Waals surface area contributed by atoms with Crippen molar-refractivity contribution < 1.29 is 9.53 Å². The van der Waals surface area contributed by atoms with Crippen LogP contribution in [0.3, 0.4) is 0 Å². The van der Waals surface area contributed by atoms with Gasteiger partial charge in [0.25, 0.3) is 0 Å². The molecule has 10 heteroatoms. The van der Waals surface area contributed by atoms with E-state index in [0.717, 1.165) is 26.4 Å². The molecule has 7 nitrogen and oxygen atoms in total. The number of aryl methyl sites for hydroxylation is 2. The number of methoxy groups -OCH3 is 1. The lowest BCUT2D eigenvalue weighted by molar-refractivity contribution is -0.113. The number of nitrogens with zero attached hydrogens (tertiary/aromatic N) is 4. The van der Waals surface area contributed by atoms with Gasteiger partial charge in [0.2, 0.25) is 11.0 Å². The third kappa shape index (κ3) is 4.51. The maximum atomic E-state index is 12.4. The van der Waals surface area contributed by atoms with Gasteiger partial charge in [-0.1, -0.05) is 41.3 Å². The Labute approximate surface area is 185 Å². The molecule has 4 rings (SSSR count). The first kappa shape index (κ1) is 20.9. The Bertz CT molecular complexity index is 1200. The van der Waals surface area contributed by atoms with Crippen LogP contribution in [-0.2, 0) is 16.1 Å². The normalized spacial score (nSPS) is 11.2. The lowest BCUT2D eigenvalue weighted by Gasteiger charge is -2.07. The van der Waals surface area contributed by atoms with E-state index in [1.165, 1.54) is 34.2 Å². The molecule has 0 unspecified atom stereocenters. The molecular weight excluding hydrogens is 438 g/mol. The van der Waals surface area contributed by atoms with Gasteiger partial charge in [0.05, 0.1) is 11.1 Å². The van der Waals surface area contributed by atoms with Gasteiger partial charge in [-0.25, -0.2) is 9.97 Å². The molecule has 30 heavy (non-hydrogen) atoms. The topological polar surface area (TPSA) is 89.9 Å². The first-order valence-corrected chi connectivity index (χ1v) is 11.8. The summed E-state index contributed by atoms with van der Waals surface area (Å²) in [5, 5.41) is 15.8. The molecule has 0 saturated carbocycles. The summed E-state index contributed by atoms with van der Waals surface area (Å²) >= 11 is 4.28. The van der Waals surface area contributed by atoms with Gasteiger partial charge in [-0.2, -0.15) is 0 Å². The number of aromatic nitrogens is 4. The Morgan fingerprint density at radius 3 is 2.87 bits per heavy atom. The Morgan fingerprint density at radius 2 is 2.07 bits per heavy atom. The number of amides is 1. The molecule has 1 aromatic carbocycles. The maximum absolute atomic E-state index is 12.4. The van der Waals surface area contributed by atoms with Crippen LogP contribution in [0, 0.1) is 13.8 Å². The third-order valence-electron chi connectivity index (χ3n) is 4.47. The second kappa shape index (κ2) is 9.17. The van der Waals surface area contributed by atoms with Crippen molar-refractivity contribution in [2.75, 3.05) is 18.2 Å². The number of thiophene rings is 1. The van der Waals surface area contributed by atoms with Crippen molar-refractivity contribution in [3.63, 3.8) is 0 Å². The van der Waals surface area contributed by atoms with E-state index < -0.39 is 0 Å². The van der Waals surface area contributed by atoms with Crippen LogP contribution in [-0.4, -0.2) is 38.9 Å². The second-order valence-corrected chi connectivity index (χ2v) is 9.46. The smallest absolute Gasteiger partial charge is 0.236 e. The summed E-state index contributed by atoms with van der Waals surface area (Å²) in [5.74, 6) is 0.0582. The zero-order valence-electron chi connectivity index (χ0n) is 16.6. The van der Waals surface area contributed by atoms with E-state index in [0.29, 0.717) is 16.7 Å². The van der Waals surface area contributed by atoms with Crippen molar-refractivity contribution in [3.05, 3.63) is 46.0 Å². The van der Waals surface area contributed by atoms with Gasteiger partial charge in [0, 0.05) is 18.1 Å². The van der Waals surface area contributed by atoms with Crippen molar-refractivity contribution in [3.8, 4) is 11.1 Å². The first-order valence-electron chi connectivity index (χ1n) is 9.09. The van der Waals surface area contributed by atoms with E-state index in [4.69, 9.17) is 4.74 Å². The van der Waals surface area contributed by atoms with Crippen LogP contribution in [0.25, 0.3) is 21.3 Å². The summed E-state index contributed by atoms with van der Waals surface area (Å²) in [6.07, 6.45) is 1.55. The van der Waals surface area contributed by atoms with Crippen LogP contribution in [0.4, 0.5) is 5.13 Å². The van der Waals surface area contributed by atoms with E-state index in [2.05, 4.69) is 62.9 Å². The second-order valence-electron chi connectivity index (χ2n) is 6.58. The third-order valence-corrected chi connectivity index (χ3v) is 7.16. The van der Waals surface area contributed by atoms with E-state index in [1.807, 2.05) is 0 Å². The van der Waals surface area contributed by atoms with E-state index >= 15 is 0 Å². The Balaban J connectivity index is 1.53. The van der Waals surface area contributed by atoms with Crippen LogP contribution in [0.1, 0.15) is 16.1 Å². The molecule has 1 amide bonds. The van der Waals surface area contributed by atoms with Crippen molar-refractivity contribution in [1.29, 1.82) is 0 Å². The minimum absolute atomic E-state index is 0.158. The minimum Gasteiger partial charge on any atom is -0.377 e. The predicted molar refractivity (Wildman–Crippen MR) is 122 cm³/mol. The maximum Gasteiger partial charge on any atom is 0.236 e. The highest BCUT2D eigenvalue weighted by Gasteiger charge is 2.16. The molecule has 3 aromatic heterocycles. The number of nitrogens with one attached hydrogen (secondary N) is 1. The highest BCUT2D eigenvalue weighted by atomic mass is 32.2. The van der Waals surface area contributed by atoms with Gasteiger partial charge < -0.3 is 4.74 Å². The molecule has 0 saturated heterocycles. The van der Waals surface area contributed by atoms with Crippen LogP contribution in [0.15, 0.2) is 34.9 Å². The zero-order chi connectivity index (χ0) is 21.1. The molecule has 154 valence electrons. The number of hydrogen-bond acceptors (Lipinski definition) is 9. The summed E-state index contributed by atoms with van der Waals surface area (Å²) in [7, 11) is 1.59. The average molecular weight is 458 g/mol. The number of benzene rings is 1. The first-order chi connectivity index (χ1) is 14.5. The van der Waals surface area contributed by atoms with Crippen LogP contribution >= 0.6 is 34.4 Å². The number of fused-ring (bicyclic) bond motifs is 1. The van der Waals surface area contributed by atoms with Crippen LogP contribution in [0.2, 0.25) is 0 Å². The molecule has 0 bridgehead atoms. The van der Waals surface area contributed by atoms with Crippen molar-refractivity contribution in [2.24, 2.45) is 0 Å². The molecular formula is C20H19N5O2S3. The van der Waals surface area contributed by atoms with E-state index in [1.54, 1.807) is 24.8 Å². The van der Waals surface area contributed by atoms with Gasteiger partial charge in [-0.3, -0.25) is 10.1 Å². The van der Waals surface area contributed by atoms with Gasteiger partial charge in [0.15, 0.2) is 0 Å². The largest absolute Gasteiger partial charge is 0.377 e.